The average Bonchev–Trinajstić information content (AvgIpc) is 2.49. The van der Waals surface area contributed by atoms with Gasteiger partial charge in [-0.1, -0.05) is 18.2 Å². The van der Waals surface area contributed by atoms with Gasteiger partial charge < -0.3 is 4.74 Å². The minimum absolute atomic E-state index is 0.132. The van der Waals surface area contributed by atoms with Crippen molar-refractivity contribution in [2.75, 3.05) is 13.7 Å². The van der Waals surface area contributed by atoms with Gasteiger partial charge >= 0.3 is 0 Å². The van der Waals surface area contributed by atoms with Crippen molar-refractivity contribution in [2.45, 2.75) is 25.2 Å². The molecule has 0 spiro atoms. The molecule has 124 valence electrons. The minimum Gasteiger partial charge on any atom is -0.496 e. The lowest BCUT2D eigenvalue weighted by Crippen LogP contribution is -2.26. The monoisotopic (exact) mass is 337 g/mol. The summed E-state index contributed by atoms with van der Waals surface area (Å²) in [5, 5.41) is 0. The van der Waals surface area contributed by atoms with Crippen LogP contribution in [0.3, 0.4) is 0 Å². The summed E-state index contributed by atoms with van der Waals surface area (Å²) < 4.78 is 46.0. The number of benzene rings is 2. The van der Waals surface area contributed by atoms with Crippen LogP contribution < -0.4 is 9.46 Å². The van der Waals surface area contributed by atoms with Gasteiger partial charge in [0.1, 0.15) is 11.6 Å². The summed E-state index contributed by atoms with van der Waals surface area (Å²) in [6, 6.07) is 9.47. The van der Waals surface area contributed by atoms with Crippen LogP contribution in [0.4, 0.5) is 4.39 Å². The highest BCUT2D eigenvalue weighted by Crippen LogP contribution is 2.26. The number of methoxy groups -OCH3 is 1. The van der Waals surface area contributed by atoms with Gasteiger partial charge in [-0.3, -0.25) is 0 Å². The number of nitrogens with one attached hydrogen (secondary N) is 1. The molecule has 4 nitrogen and oxygen atoms in total. The number of aryl methyl sites for hydroxylation is 2. The highest BCUT2D eigenvalue weighted by atomic mass is 32.2. The summed E-state index contributed by atoms with van der Waals surface area (Å²) in [7, 11) is -2.09. The van der Waals surface area contributed by atoms with Gasteiger partial charge in [-0.2, -0.15) is 0 Å². The summed E-state index contributed by atoms with van der Waals surface area (Å²) in [5.74, 6) is 0.346. The molecule has 0 aliphatic heterocycles. The summed E-state index contributed by atoms with van der Waals surface area (Å²) in [4.78, 5) is 0.182. The Balaban J connectivity index is 2.12. The van der Waals surface area contributed by atoms with Gasteiger partial charge in [0.25, 0.3) is 0 Å². The van der Waals surface area contributed by atoms with Crippen molar-refractivity contribution < 1.29 is 17.5 Å². The average molecular weight is 337 g/mol. The van der Waals surface area contributed by atoms with Gasteiger partial charge in [0, 0.05) is 6.54 Å². The van der Waals surface area contributed by atoms with Crippen molar-refractivity contribution in [1.29, 1.82) is 0 Å². The van der Waals surface area contributed by atoms with E-state index in [1.165, 1.54) is 6.07 Å². The molecule has 0 aliphatic carbocycles. The molecule has 0 saturated carbocycles. The van der Waals surface area contributed by atoms with E-state index >= 15 is 0 Å². The van der Waals surface area contributed by atoms with E-state index in [0.717, 1.165) is 11.1 Å². The fourth-order valence-electron chi connectivity index (χ4n) is 2.49. The molecule has 0 heterocycles. The fraction of sp³-hybridized carbons (Fsp3) is 0.294. The number of ether oxygens (including phenoxy) is 1. The summed E-state index contributed by atoms with van der Waals surface area (Å²) >= 11 is 0. The van der Waals surface area contributed by atoms with Crippen molar-refractivity contribution in [3.8, 4) is 5.75 Å². The molecule has 0 fully saturated rings. The maximum Gasteiger partial charge on any atom is 0.240 e. The minimum atomic E-state index is -3.64. The molecule has 6 heteroatoms. The highest BCUT2D eigenvalue weighted by molar-refractivity contribution is 7.89. The third-order valence-corrected chi connectivity index (χ3v) is 5.03. The second kappa shape index (κ2) is 7.10. The van der Waals surface area contributed by atoms with Crippen LogP contribution in [0.5, 0.6) is 5.75 Å². The molecule has 2 aromatic rings. The molecule has 0 atom stereocenters. The van der Waals surface area contributed by atoms with Crippen LogP contribution >= 0.6 is 0 Å². The van der Waals surface area contributed by atoms with Gasteiger partial charge in [-0.15, -0.1) is 0 Å². The first-order valence-corrected chi connectivity index (χ1v) is 8.72. The molecule has 0 aromatic heterocycles. The Morgan fingerprint density at radius 3 is 2.30 bits per heavy atom. The second-order valence-electron chi connectivity index (χ2n) is 5.33. The molecule has 0 unspecified atom stereocenters. The number of halogens is 1. The number of hydrogen-bond donors (Lipinski definition) is 1. The molecule has 2 aromatic carbocycles. The molecule has 0 saturated heterocycles. The number of hydrogen-bond acceptors (Lipinski definition) is 3. The van der Waals surface area contributed by atoms with Crippen molar-refractivity contribution in [3.63, 3.8) is 0 Å². The van der Waals surface area contributed by atoms with Crippen LogP contribution in [-0.4, -0.2) is 22.1 Å². The van der Waals surface area contributed by atoms with Gasteiger partial charge in [0.2, 0.25) is 10.0 Å². The van der Waals surface area contributed by atoms with Crippen LogP contribution in [0.25, 0.3) is 0 Å². The molecule has 23 heavy (non-hydrogen) atoms. The Kier molecular flexibility index (Phi) is 5.38. The van der Waals surface area contributed by atoms with Gasteiger partial charge in [-0.25, -0.2) is 17.5 Å². The number of rotatable bonds is 6. The van der Waals surface area contributed by atoms with Crippen LogP contribution in [0.2, 0.25) is 0 Å². The quantitative estimate of drug-likeness (QED) is 0.882. The van der Waals surface area contributed by atoms with Crippen molar-refractivity contribution in [3.05, 3.63) is 58.9 Å². The lowest BCUT2D eigenvalue weighted by atomic mass is 10.1. The van der Waals surface area contributed by atoms with E-state index < -0.39 is 10.0 Å². The molecule has 0 amide bonds. The van der Waals surface area contributed by atoms with E-state index in [0.29, 0.717) is 17.7 Å². The zero-order chi connectivity index (χ0) is 17.0. The largest absolute Gasteiger partial charge is 0.496 e. The topological polar surface area (TPSA) is 55.4 Å². The molecule has 1 N–H and O–H groups in total. The molecule has 0 radical (unpaired) electrons. The van der Waals surface area contributed by atoms with Crippen molar-refractivity contribution in [1.82, 2.24) is 4.72 Å². The third kappa shape index (κ3) is 4.09. The Morgan fingerprint density at radius 2 is 1.74 bits per heavy atom. The molecular weight excluding hydrogens is 317 g/mol. The van der Waals surface area contributed by atoms with Crippen LogP contribution in [-0.2, 0) is 16.4 Å². The highest BCUT2D eigenvalue weighted by Gasteiger charge is 2.17. The summed E-state index contributed by atoms with van der Waals surface area (Å²) in [5.41, 5.74) is 1.99. The maximum atomic E-state index is 13.5. The Morgan fingerprint density at radius 1 is 1.13 bits per heavy atom. The number of sulfonamides is 1. The predicted molar refractivity (Wildman–Crippen MR) is 87.8 cm³/mol. The van der Waals surface area contributed by atoms with Crippen LogP contribution in [0.1, 0.15) is 16.7 Å². The SMILES string of the molecule is COc1c(C)cc(S(=O)(=O)NCCc2ccccc2F)cc1C. The molecular formula is C17H20FNO3S. The van der Waals surface area contributed by atoms with Gasteiger partial charge in [0.05, 0.1) is 12.0 Å². The molecule has 2 rings (SSSR count). The second-order valence-corrected chi connectivity index (χ2v) is 7.10. The van der Waals surface area contributed by atoms with E-state index in [1.807, 2.05) is 0 Å². The zero-order valence-electron chi connectivity index (χ0n) is 13.4. The third-order valence-electron chi connectivity index (χ3n) is 3.59. The van der Waals surface area contributed by atoms with E-state index in [1.54, 1.807) is 51.3 Å². The lowest BCUT2D eigenvalue weighted by molar-refractivity contribution is 0.408. The Bertz CT molecular complexity index is 780. The summed E-state index contributed by atoms with van der Waals surface area (Å²) in [6.07, 6.45) is 0.292. The molecule has 0 bridgehead atoms. The van der Waals surface area contributed by atoms with Crippen LogP contribution in [0.15, 0.2) is 41.3 Å². The van der Waals surface area contributed by atoms with Crippen LogP contribution in [0, 0.1) is 19.7 Å². The lowest BCUT2D eigenvalue weighted by Gasteiger charge is -2.12. The Hall–Kier alpha value is -1.92. The van der Waals surface area contributed by atoms with E-state index in [9.17, 15) is 12.8 Å². The van der Waals surface area contributed by atoms with E-state index in [2.05, 4.69) is 4.72 Å². The Labute approximate surface area is 136 Å². The standard InChI is InChI=1S/C17H20FNO3S/c1-12-10-15(11-13(2)17(12)22-3)23(20,21)19-9-8-14-6-4-5-7-16(14)18/h4-7,10-11,19H,8-9H2,1-3H3. The van der Waals surface area contributed by atoms with E-state index in [4.69, 9.17) is 4.74 Å². The predicted octanol–water partition coefficient (Wildman–Crippen LogP) is 2.97. The fourth-order valence-corrected chi connectivity index (χ4v) is 3.69. The van der Waals surface area contributed by atoms with Crippen molar-refractivity contribution >= 4 is 10.0 Å². The first-order chi connectivity index (χ1) is 10.8. The van der Waals surface area contributed by atoms with Crippen molar-refractivity contribution in [2.24, 2.45) is 0 Å². The maximum absolute atomic E-state index is 13.5. The first-order valence-electron chi connectivity index (χ1n) is 7.23. The van der Waals surface area contributed by atoms with Gasteiger partial charge in [0.15, 0.2) is 0 Å². The van der Waals surface area contributed by atoms with E-state index in [-0.39, 0.29) is 17.3 Å². The zero-order valence-corrected chi connectivity index (χ0v) is 14.2. The normalized spacial score (nSPS) is 11.5. The summed E-state index contributed by atoms with van der Waals surface area (Å²) in [6.45, 7) is 3.72. The first kappa shape index (κ1) is 17.4. The molecule has 0 aliphatic rings. The smallest absolute Gasteiger partial charge is 0.240 e. The van der Waals surface area contributed by atoms with Gasteiger partial charge in [-0.05, 0) is 55.2 Å².